The molecular formula is C23H28N4O7. The van der Waals surface area contributed by atoms with E-state index in [0.29, 0.717) is 49.4 Å². The second-order valence-electron chi connectivity index (χ2n) is 7.37. The van der Waals surface area contributed by atoms with Gasteiger partial charge < -0.3 is 29.3 Å². The fourth-order valence-electron chi connectivity index (χ4n) is 3.43. The molecule has 1 fully saturated rings. The van der Waals surface area contributed by atoms with Gasteiger partial charge in [-0.15, -0.1) is 0 Å². The highest BCUT2D eigenvalue weighted by molar-refractivity contribution is 5.98. The number of rotatable bonds is 8. The van der Waals surface area contributed by atoms with E-state index < -0.39 is 18.0 Å². The first-order chi connectivity index (χ1) is 16.4. The van der Waals surface area contributed by atoms with Crippen molar-refractivity contribution < 1.29 is 33.4 Å². The number of para-hydroxylation sites is 1. The topological polar surface area (TPSA) is 127 Å². The minimum absolute atomic E-state index is 0.0532. The Morgan fingerprint density at radius 3 is 2.35 bits per heavy atom. The highest BCUT2D eigenvalue weighted by Gasteiger charge is 2.25. The molecule has 34 heavy (non-hydrogen) atoms. The van der Waals surface area contributed by atoms with Crippen LogP contribution in [0.1, 0.15) is 24.3 Å². The minimum atomic E-state index is -0.551. The standard InChI is InChI=1S/C23H28N4O7/c1-3-32-21(29)15-34-19-13-18(25-17-8-6-5-7-16(17)19)22(30)24-14-20(28)26-9-11-27(12-10-26)23(31)33-4-2/h5-8,13H,3-4,9-12,14-15H2,1-2H3,(H,24,30). The molecule has 11 nitrogen and oxygen atoms in total. The largest absolute Gasteiger partial charge is 0.481 e. The van der Waals surface area contributed by atoms with Crippen molar-refractivity contribution in [2.75, 3.05) is 52.5 Å². The van der Waals surface area contributed by atoms with Crippen LogP contribution in [0.25, 0.3) is 10.9 Å². The Balaban J connectivity index is 1.60. The second-order valence-corrected chi connectivity index (χ2v) is 7.37. The molecule has 1 aromatic carbocycles. The first-order valence-corrected chi connectivity index (χ1v) is 11.1. The van der Waals surface area contributed by atoms with Gasteiger partial charge in [0.1, 0.15) is 11.4 Å². The lowest BCUT2D eigenvalue weighted by Crippen LogP contribution is -2.52. The van der Waals surface area contributed by atoms with Crippen molar-refractivity contribution in [3.05, 3.63) is 36.0 Å². The number of amides is 3. The third kappa shape index (κ3) is 6.33. The van der Waals surface area contributed by atoms with Crippen molar-refractivity contribution in [1.82, 2.24) is 20.1 Å². The van der Waals surface area contributed by atoms with Crippen LogP contribution in [0, 0.1) is 0 Å². The number of ether oxygens (including phenoxy) is 3. The molecule has 3 amide bonds. The maximum Gasteiger partial charge on any atom is 0.409 e. The first kappa shape index (κ1) is 24.7. The quantitative estimate of drug-likeness (QED) is 0.568. The normalized spacial score (nSPS) is 13.4. The van der Waals surface area contributed by atoms with Crippen LogP contribution in [0.3, 0.4) is 0 Å². The van der Waals surface area contributed by atoms with Crippen molar-refractivity contribution in [2.24, 2.45) is 0 Å². The number of fused-ring (bicyclic) bond motifs is 1. The smallest absolute Gasteiger partial charge is 0.409 e. The number of carbonyl (C=O) groups excluding carboxylic acids is 4. The van der Waals surface area contributed by atoms with Crippen LogP contribution in [0.2, 0.25) is 0 Å². The van der Waals surface area contributed by atoms with E-state index in [1.54, 1.807) is 47.9 Å². The van der Waals surface area contributed by atoms with Gasteiger partial charge in [-0.25, -0.2) is 14.6 Å². The molecule has 0 aliphatic carbocycles. The van der Waals surface area contributed by atoms with E-state index in [0.717, 1.165) is 0 Å². The molecule has 0 unspecified atom stereocenters. The molecule has 0 saturated carbocycles. The van der Waals surface area contributed by atoms with Crippen molar-refractivity contribution in [3.63, 3.8) is 0 Å². The van der Waals surface area contributed by atoms with Gasteiger partial charge in [0.15, 0.2) is 6.61 Å². The van der Waals surface area contributed by atoms with Gasteiger partial charge >= 0.3 is 12.1 Å². The molecule has 0 bridgehead atoms. The third-order valence-electron chi connectivity index (χ3n) is 5.12. The summed E-state index contributed by atoms with van der Waals surface area (Å²) in [6.45, 7) is 4.88. The summed E-state index contributed by atoms with van der Waals surface area (Å²) in [6, 6.07) is 8.48. The maximum atomic E-state index is 12.7. The molecule has 182 valence electrons. The molecule has 2 heterocycles. The van der Waals surface area contributed by atoms with Gasteiger partial charge in [-0.2, -0.15) is 0 Å². The Hall–Kier alpha value is -3.89. The number of aromatic nitrogens is 1. The van der Waals surface area contributed by atoms with Crippen molar-refractivity contribution in [2.45, 2.75) is 13.8 Å². The molecule has 1 aliphatic rings. The number of nitrogens with zero attached hydrogens (tertiary/aromatic N) is 3. The van der Waals surface area contributed by atoms with Gasteiger partial charge in [0.25, 0.3) is 5.91 Å². The Labute approximate surface area is 196 Å². The zero-order chi connectivity index (χ0) is 24.5. The van der Waals surface area contributed by atoms with Gasteiger partial charge in [0, 0.05) is 37.6 Å². The molecule has 11 heteroatoms. The van der Waals surface area contributed by atoms with Crippen molar-refractivity contribution in [3.8, 4) is 5.75 Å². The summed E-state index contributed by atoms with van der Waals surface area (Å²) in [5, 5.41) is 3.22. The summed E-state index contributed by atoms with van der Waals surface area (Å²) < 4.78 is 15.4. The van der Waals surface area contributed by atoms with Crippen LogP contribution in [-0.4, -0.2) is 91.2 Å². The predicted octanol–water partition coefficient (Wildman–Crippen LogP) is 1.21. The van der Waals surface area contributed by atoms with Gasteiger partial charge in [0.2, 0.25) is 5.91 Å². The summed E-state index contributed by atoms with van der Waals surface area (Å²) in [5.41, 5.74) is 0.563. The van der Waals surface area contributed by atoms with Crippen LogP contribution in [-0.2, 0) is 19.1 Å². The fraction of sp³-hybridized carbons (Fsp3) is 0.435. The number of benzene rings is 1. The molecule has 0 spiro atoms. The Morgan fingerprint density at radius 1 is 0.971 bits per heavy atom. The molecule has 0 atom stereocenters. The lowest BCUT2D eigenvalue weighted by molar-refractivity contribution is -0.145. The van der Waals surface area contributed by atoms with E-state index in [4.69, 9.17) is 14.2 Å². The van der Waals surface area contributed by atoms with Crippen LogP contribution in [0.15, 0.2) is 30.3 Å². The lowest BCUT2D eigenvalue weighted by atomic mass is 10.1. The Morgan fingerprint density at radius 2 is 1.65 bits per heavy atom. The molecule has 1 aromatic heterocycles. The first-order valence-electron chi connectivity index (χ1n) is 11.1. The fourth-order valence-corrected chi connectivity index (χ4v) is 3.43. The molecule has 1 aliphatic heterocycles. The monoisotopic (exact) mass is 472 g/mol. The number of nitrogens with one attached hydrogen (secondary N) is 1. The van der Waals surface area contributed by atoms with Crippen molar-refractivity contribution >= 4 is 34.8 Å². The molecule has 1 saturated heterocycles. The Kier molecular flexibility index (Phi) is 8.60. The SMILES string of the molecule is CCOC(=O)COc1cc(C(=O)NCC(=O)N2CCN(C(=O)OCC)CC2)nc2ccccc12. The minimum Gasteiger partial charge on any atom is -0.481 e. The highest BCUT2D eigenvalue weighted by atomic mass is 16.6. The molecule has 1 N–H and O–H groups in total. The molecule has 2 aromatic rings. The summed E-state index contributed by atoms with van der Waals surface area (Å²) >= 11 is 0. The van der Waals surface area contributed by atoms with Crippen LogP contribution < -0.4 is 10.1 Å². The van der Waals surface area contributed by atoms with E-state index in [9.17, 15) is 19.2 Å². The highest BCUT2D eigenvalue weighted by Crippen LogP contribution is 2.25. The molecule has 3 rings (SSSR count). The van der Waals surface area contributed by atoms with Gasteiger partial charge in [-0.1, -0.05) is 12.1 Å². The van der Waals surface area contributed by atoms with E-state index in [1.165, 1.54) is 6.07 Å². The van der Waals surface area contributed by atoms with E-state index in [2.05, 4.69) is 10.3 Å². The molecule has 0 radical (unpaired) electrons. The average molecular weight is 472 g/mol. The van der Waals surface area contributed by atoms with E-state index in [-0.39, 0.29) is 31.4 Å². The van der Waals surface area contributed by atoms with Crippen LogP contribution in [0.5, 0.6) is 5.75 Å². The zero-order valence-corrected chi connectivity index (χ0v) is 19.2. The predicted molar refractivity (Wildman–Crippen MR) is 121 cm³/mol. The van der Waals surface area contributed by atoms with Gasteiger partial charge in [-0.3, -0.25) is 9.59 Å². The number of hydrogen-bond donors (Lipinski definition) is 1. The van der Waals surface area contributed by atoms with Crippen LogP contribution >= 0.6 is 0 Å². The summed E-state index contributed by atoms with van der Waals surface area (Å²) in [4.78, 5) is 56.2. The van der Waals surface area contributed by atoms with Gasteiger partial charge in [-0.05, 0) is 26.0 Å². The average Bonchev–Trinajstić information content (AvgIpc) is 2.85. The number of piperazine rings is 1. The van der Waals surface area contributed by atoms with Crippen LogP contribution in [0.4, 0.5) is 4.79 Å². The van der Waals surface area contributed by atoms with Crippen molar-refractivity contribution in [1.29, 1.82) is 0 Å². The molecular weight excluding hydrogens is 444 g/mol. The van der Waals surface area contributed by atoms with Gasteiger partial charge in [0.05, 0.1) is 25.3 Å². The summed E-state index contributed by atoms with van der Waals surface area (Å²) in [7, 11) is 0. The number of esters is 1. The number of carbonyl (C=O) groups is 4. The summed E-state index contributed by atoms with van der Waals surface area (Å²) in [5.74, 6) is -1.03. The second kappa shape index (κ2) is 11.8. The van der Waals surface area contributed by atoms with E-state index >= 15 is 0 Å². The van der Waals surface area contributed by atoms with E-state index in [1.807, 2.05) is 0 Å². The Bertz CT molecular complexity index is 1050. The summed E-state index contributed by atoms with van der Waals surface area (Å²) in [6.07, 6.45) is -0.397. The lowest BCUT2D eigenvalue weighted by Gasteiger charge is -2.34. The number of hydrogen-bond acceptors (Lipinski definition) is 8. The number of pyridine rings is 1. The maximum absolute atomic E-state index is 12.7. The zero-order valence-electron chi connectivity index (χ0n) is 19.2. The third-order valence-corrected chi connectivity index (χ3v) is 5.12.